The van der Waals surface area contributed by atoms with Crippen molar-refractivity contribution in [3.05, 3.63) is 0 Å². The van der Waals surface area contributed by atoms with Crippen LogP contribution in [-0.4, -0.2) is 37.0 Å². The third-order valence-electron chi connectivity index (χ3n) is 3.97. The second-order valence-corrected chi connectivity index (χ2v) is 6.65. The highest BCUT2D eigenvalue weighted by Gasteiger charge is 2.30. The third-order valence-corrected chi connectivity index (χ3v) is 3.97. The predicted molar refractivity (Wildman–Crippen MR) is 69.0 cm³/mol. The average Bonchev–Trinajstić information content (AvgIpc) is 3.00. The zero-order valence-corrected chi connectivity index (χ0v) is 11.2. The van der Waals surface area contributed by atoms with Crippen LogP contribution >= 0.6 is 0 Å². The summed E-state index contributed by atoms with van der Waals surface area (Å²) >= 11 is 0. The van der Waals surface area contributed by atoms with Crippen molar-refractivity contribution in [1.29, 1.82) is 0 Å². The van der Waals surface area contributed by atoms with Gasteiger partial charge in [0.1, 0.15) is 0 Å². The van der Waals surface area contributed by atoms with Crippen molar-refractivity contribution in [1.82, 2.24) is 5.32 Å². The second kappa shape index (κ2) is 5.68. The van der Waals surface area contributed by atoms with Crippen molar-refractivity contribution in [3.8, 4) is 0 Å². The first-order valence-electron chi connectivity index (χ1n) is 7.04. The molecule has 2 saturated carbocycles. The van der Waals surface area contributed by atoms with Gasteiger partial charge in [0, 0.05) is 19.2 Å². The van der Waals surface area contributed by atoms with E-state index in [1.54, 1.807) is 0 Å². The van der Waals surface area contributed by atoms with Gasteiger partial charge in [0.15, 0.2) is 0 Å². The zero-order chi connectivity index (χ0) is 12.3. The van der Waals surface area contributed by atoms with Crippen LogP contribution in [-0.2, 0) is 4.74 Å². The summed E-state index contributed by atoms with van der Waals surface area (Å²) in [7, 11) is 0. The minimum Gasteiger partial charge on any atom is -0.389 e. The number of rotatable bonds is 7. The lowest BCUT2D eigenvalue weighted by Gasteiger charge is -2.19. The fraction of sp³-hybridized carbons (Fsp3) is 1.00. The highest BCUT2D eigenvalue weighted by Crippen LogP contribution is 2.36. The van der Waals surface area contributed by atoms with Crippen molar-refractivity contribution in [2.75, 3.05) is 19.8 Å². The monoisotopic (exact) mass is 241 g/mol. The SMILES string of the molecule is CC1(C)CCC(NCC(O)COCC2CC2)C1. The maximum Gasteiger partial charge on any atom is 0.0897 e. The number of nitrogens with one attached hydrogen (secondary N) is 1. The predicted octanol–water partition coefficient (Wildman–Crippen LogP) is 1.94. The fourth-order valence-electron chi connectivity index (χ4n) is 2.63. The maximum absolute atomic E-state index is 9.79. The van der Waals surface area contributed by atoms with Crippen LogP contribution in [0, 0.1) is 11.3 Å². The fourth-order valence-corrected chi connectivity index (χ4v) is 2.63. The molecule has 0 amide bonds. The van der Waals surface area contributed by atoms with E-state index < -0.39 is 0 Å². The Balaban J connectivity index is 1.51. The average molecular weight is 241 g/mol. The van der Waals surface area contributed by atoms with Gasteiger partial charge < -0.3 is 15.2 Å². The molecular formula is C14H27NO2. The Morgan fingerprint density at radius 1 is 1.35 bits per heavy atom. The molecule has 0 aromatic rings. The summed E-state index contributed by atoms with van der Waals surface area (Å²) in [5.41, 5.74) is 0.477. The van der Waals surface area contributed by atoms with Gasteiger partial charge in [-0.15, -0.1) is 0 Å². The molecule has 2 atom stereocenters. The lowest BCUT2D eigenvalue weighted by atomic mass is 9.92. The van der Waals surface area contributed by atoms with Gasteiger partial charge in [-0.05, 0) is 43.4 Å². The minimum atomic E-state index is -0.350. The molecule has 0 radical (unpaired) electrons. The molecule has 0 aromatic heterocycles. The third kappa shape index (κ3) is 4.94. The topological polar surface area (TPSA) is 41.5 Å². The van der Waals surface area contributed by atoms with Crippen molar-refractivity contribution < 1.29 is 9.84 Å². The van der Waals surface area contributed by atoms with Crippen molar-refractivity contribution in [2.45, 2.75) is 58.1 Å². The number of ether oxygens (including phenoxy) is 1. The Hall–Kier alpha value is -0.120. The number of hydrogen-bond acceptors (Lipinski definition) is 3. The lowest BCUT2D eigenvalue weighted by Crippen LogP contribution is -2.36. The van der Waals surface area contributed by atoms with Crippen molar-refractivity contribution in [2.24, 2.45) is 11.3 Å². The zero-order valence-electron chi connectivity index (χ0n) is 11.2. The molecule has 17 heavy (non-hydrogen) atoms. The van der Waals surface area contributed by atoms with E-state index in [2.05, 4.69) is 19.2 Å². The van der Waals surface area contributed by atoms with E-state index in [9.17, 15) is 5.11 Å². The molecule has 100 valence electrons. The summed E-state index contributed by atoms with van der Waals surface area (Å²) in [5.74, 6) is 0.783. The molecule has 0 spiro atoms. The molecule has 2 N–H and O–H groups in total. The number of hydrogen-bond donors (Lipinski definition) is 2. The number of aliphatic hydroxyl groups excluding tert-OH is 1. The van der Waals surface area contributed by atoms with Crippen LogP contribution in [0.4, 0.5) is 0 Å². The first-order chi connectivity index (χ1) is 8.05. The van der Waals surface area contributed by atoms with Gasteiger partial charge in [0.2, 0.25) is 0 Å². The van der Waals surface area contributed by atoms with Gasteiger partial charge in [-0.1, -0.05) is 13.8 Å². The Morgan fingerprint density at radius 3 is 2.71 bits per heavy atom. The highest BCUT2D eigenvalue weighted by molar-refractivity contribution is 4.86. The van der Waals surface area contributed by atoms with E-state index in [4.69, 9.17) is 4.74 Å². The summed E-state index contributed by atoms with van der Waals surface area (Å²) in [4.78, 5) is 0. The quantitative estimate of drug-likeness (QED) is 0.716. The van der Waals surface area contributed by atoms with Crippen molar-refractivity contribution >= 4 is 0 Å². The van der Waals surface area contributed by atoms with E-state index in [1.807, 2.05) is 0 Å². The largest absolute Gasteiger partial charge is 0.389 e. The van der Waals surface area contributed by atoms with Gasteiger partial charge in [-0.3, -0.25) is 0 Å². The molecule has 0 aromatic carbocycles. The summed E-state index contributed by atoms with van der Waals surface area (Å²) in [6, 6.07) is 0.586. The molecule has 2 aliphatic rings. The molecule has 0 aliphatic heterocycles. The molecular weight excluding hydrogens is 214 g/mol. The van der Waals surface area contributed by atoms with Crippen molar-refractivity contribution in [3.63, 3.8) is 0 Å². The van der Waals surface area contributed by atoms with E-state index in [1.165, 1.54) is 32.1 Å². The molecule has 2 fully saturated rings. The molecule has 0 heterocycles. The van der Waals surface area contributed by atoms with Gasteiger partial charge in [-0.2, -0.15) is 0 Å². The molecule has 2 unspecified atom stereocenters. The Labute approximate surface area is 105 Å². The van der Waals surface area contributed by atoms with Crippen LogP contribution in [0.2, 0.25) is 0 Å². The van der Waals surface area contributed by atoms with Crippen LogP contribution in [0.5, 0.6) is 0 Å². The maximum atomic E-state index is 9.79. The van der Waals surface area contributed by atoms with Gasteiger partial charge in [0.25, 0.3) is 0 Å². The Kier molecular flexibility index (Phi) is 4.45. The summed E-state index contributed by atoms with van der Waals surface area (Å²) in [6.07, 6.45) is 6.03. The van der Waals surface area contributed by atoms with Crippen LogP contribution in [0.1, 0.15) is 46.0 Å². The summed E-state index contributed by atoms with van der Waals surface area (Å²) in [6.45, 7) is 6.65. The molecule has 3 heteroatoms. The Bertz CT molecular complexity index is 238. The second-order valence-electron chi connectivity index (χ2n) is 6.65. The van der Waals surface area contributed by atoms with Gasteiger partial charge in [0.05, 0.1) is 12.7 Å². The molecule has 2 rings (SSSR count). The minimum absolute atomic E-state index is 0.350. The van der Waals surface area contributed by atoms with Crippen LogP contribution < -0.4 is 5.32 Å². The molecule has 3 nitrogen and oxygen atoms in total. The molecule has 0 saturated heterocycles. The summed E-state index contributed by atoms with van der Waals surface area (Å²) in [5, 5.41) is 13.2. The summed E-state index contributed by atoms with van der Waals surface area (Å²) < 4.78 is 5.49. The van der Waals surface area contributed by atoms with E-state index in [0.717, 1.165) is 12.5 Å². The lowest BCUT2D eigenvalue weighted by molar-refractivity contribution is 0.0312. The number of aliphatic hydroxyl groups is 1. The molecule has 0 bridgehead atoms. The molecule has 2 aliphatic carbocycles. The normalized spacial score (nSPS) is 29.5. The first kappa shape index (κ1) is 13.3. The van der Waals surface area contributed by atoms with Gasteiger partial charge >= 0.3 is 0 Å². The van der Waals surface area contributed by atoms with E-state index in [0.29, 0.717) is 24.6 Å². The van der Waals surface area contributed by atoms with Crippen LogP contribution in [0.15, 0.2) is 0 Å². The standard InChI is InChI=1S/C14H27NO2/c1-14(2)6-5-12(7-14)15-8-13(16)10-17-9-11-3-4-11/h11-13,15-16H,3-10H2,1-2H3. The van der Waals surface area contributed by atoms with Crippen LogP contribution in [0.25, 0.3) is 0 Å². The van der Waals surface area contributed by atoms with Gasteiger partial charge in [-0.25, -0.2) is 0 Å². The smallest absolute Gasteiger partial charge is 0.0897 e. The van der Waals surface area contributed by atoms with Crippen LogP contribution in [0.3, 0.4) is 0 Å². The highest BCUT2D eigenvalue weighted by atomic mass is 16.5. The van der Waals surface area contributed by atoms with E-state index in [-0.39, 0.29) is 6.10 Å². The van der Waals surface area contributed by atoms with E-state index >= 15 is 0 Å². The Morgan fingerprint density at radius 2 is 2.12 bits per heavy atom. The first-order valence-corrected chi connectivity index (χ1v) is 7.04.